The molecule has 0 unspecified atom stereocenters. The maximum atomic E-state index is 10.7. The van der Waals surface area contributed by atoms with E-state index in [1.54, 1.807) is 7.11 Å². The molecule has 0 heterocycles. The smallest absolute Gasteiger partial charge is 0.327 e. The molecule has 0 fully saturated rings. The van der Waals surface area contributed by atoms with E-state index in [-0.39, 0.29) is 19.4 Å². The quantitative estimate of drug-likeness (QED) is 0.0617. The topological polar surface area (TPSA) is 205 Å². The summed E-state index contributed by atoms with van der Waals surface area (Å²) in [6.07, 6.45) is -0.290. The lowest BCUT2D eigenvalue weighted by Crippen LogP contribution is -2.16. The van der Waals surface area contributed by atoms with Crippen molar-refractivity contribution in [1.29, 1.82) is 0 Å². The van der Waals surface area contributed by atoms with Gasteiger partial charge in [-0.15, -0.1) is 0 Å². The Balaban J connectivity index is 3.06. The summed E-state index contributed by atoms with van der Waals surface area (Å²) in [4.78, 5) is 17.4. The molecule has 0 aromatic rings. The fourth-order valence-electron chi connectivity index (χ4n) is 3.51. The van der Waals surface area contributed by atoms with E-state index in [1.165, 1.54) is 0 Å². The second kappa shape index (κ2) is 45.9. The van der Waals surface area contributed by atoms with Gasteiger partial charge in [0.25, 0.3) is 0 Å². The number of hydrogen-bond donors (Lipinski definition) is 2. The van der Waals surface area contributed by atoms with Crippen LogP contribution < -0.4 is 0 Å². The van der Waals surface area contributed by atoms with Crippen molar-refractivity contribution >= 4 is 7.60 Å². The van der Waals surface area contributed by atoms with E-state index in [1.807, 2.05) is 0 Å². The van der Waals surface area contributed by atoms with Crippen LogP contribution in [0.1, 0.15) is 0 Å². The van der Waals surface area contributed by atoms with Crippen molar-refractivity contribution in [2.24, 2.45) is 0 Å². The van der Waals surface area contributed by atoms with Gasteiger partial charge in [-0.2, -0.15) is 0 Å². The largest absolute Gasteiger partial charge is 0.382 e. The molecule has 20 heteroatoms. The standard InChI is InChI=1S/C33H69O19P/c1-37-2-3-38-4-5-39-6-7-40-8-9-41-10-11-42-12-13-43-14-15-44-16-17-45-18-19-46-20-21-47-22-23-48-24-25-49-26-27-50-28-29-51-30-31-52-32-33-53(34,35)36/h2-33H2,1H3,(H2,34,35,36). The van der Waals surface area contributed by atoms with Crippen LogP contribution in [-0.4, -0.2) is 228 Å². The lowest BCUT2D eigenvalue weighted by atomic mass is 10.6. The zero-order valence-corrected chi connectivity index (χ0v) is 32.8. The predicted molar refractivity (Wildman–Crippen MR) is 191 cm³/mol. The van der Waals surface area contributed by atoms with Gasteiger partial charge < -0.3 is 85.6 Å². The third kappa shape index (κ3) is 51.5. The Labute approximate surface area is 315 Å². The summed E-state index contributed by atoms with van der Waals surface area (Å²) < 4.78 is 96.6. The molecule has 0 aromatic heterocycles. The first kappa shape index (κ1) is 52.5. The minimum atomic E-state index is -4.00. The first-order valence-corrected chi connectivity index (χ1v) is 20.1. The van der Waals surface area contributed by atoms with Gasteiger partial charge in [-0.05, 0) is 0 Å². The molecule has 320 valence electrons. The molecule has 0 bridgehead atoms. The van der Waals surface area contributed by atoms with Crippen LogP contribution in [0.15, 0.2) is 0 Å². The van der Waals surface area contributed by atoms with Crippen molar-refractivity contribution in [2.75, 3.05) is 218 Å². The highest BCUT2D eigenvalue weighted by Gasteiger charge is 2.11. The average molecular weight is 801 g/mol. The molecule has 0 spiro atoms. The van der Waals surface area contributed by atoms with E-state index < -0.39 is 7.60 Å². The molecule has 0 aliphatic rings. The highest BCUT2D eigenvalue weighted by Crippen LogP contribution is 2.33. The zero-order chi connectivity index (χ0) is 38.4. The Kier molecular flexibility index (Phi) is 45.5. The van der Waals surface area contributed by atoms with Crippen molar-refractivity contribution in [2.45, 2.75) is 0 Å². The Morgan fingerprint density at radius 1 is 0.264 bits per heavy atom. The molecule has 0 saturated carbocycles. The second-order valence-corrected chi connectivity index (χ2v) is 12.3. The molecule has 53 heavy (non-hydrogen) atoms. The van der Waals surface area contributed by atoms with Crippen molar-refractivity contribution in [3.8, 4) is 0 Å². The number of rotatable bonds is 48. The molecule has 2 N–H and O–H groups in total. The lowest BCUT2D eigenvalue weighted by molar-refractivity contribution is -0.0302. The summed E-state index contributed by atoms with van der Waals surface area (Å²) >= 11 is 0. The molecule has 0 atom stereocenters. The van der Waals surface area contributed by atoms with Crippen LogP contribution in [-0.2, 0) is 80.4 Å². The van der Waals surface area contributed by atoms with Gasteiger partial charge in [-0.3, -0.25) is 4.57 Å². The van der Waals surface area contributed by atoms with E-state index in [0.29, 0.717) is 192 Å². The van der Waals surface area contributed by atoms with Crippen LogP contribution >= 0.6 is 7.60 Å². The Bertz CT molecular complexity index is 724. The van der Waals surface area contributed by atoms with E-state index in [0.717, 1.165) is 0 Å². The molecular formula is C33H69O19P. The van der Waals surface area contributed by atoms with Gasteiger partial charge in [0.1, 0.15) is 0 Å². The Hall–Kier alpha value is -0.490. The lowest BCUT2D eigenvalue weighted by Gasteiger charge is -2.09. The molecule has 0 aliphatic carbocycles. The average Bonchev–Trinajstić information content (AvgIpc) is 3.14. The zero-order valence-electron chi connectivity index (χ0n) is 31.9. The highest BCUT2D eigenvalue weighted by molar-refractivity contribution is 7.51. The Morgan fingerprint density at radius 3 is 0.528 bits per heavy atom. The molecule has 0 aliphatic heterocycles. The summed E-state index contributed by atoms with van der Waals surface area (Å²) in [5.74, 6) is 0. The van der Waals surface area contributed by atoms with E-state index in [9.17, 15) is 4.57 Å². The minimum absolute atomic E-state index is 0.00357. The van der Waals surface area contributed by atoms with Gasteiger partial charge in [0.2, 0.25) is 0 Å². The van der Waals surface area contributed by atoms with Gasteiger partial charge in [0.05, 0.1) is 211 Å². The summed E-state index contributed by atoms with van der Waals surface area (Å²) in [7, 11) is -2.36. The summed E-state index contributed by atoms with van der Waals surface area (Å²) in [5, 5.41) is 0. The molecule has 19 nitrogen and oxygen atoms in total. The van der Waals surface area contributed by atoms with Crippen LogP contribution in [0, 0.1) is 0 Å². The first-order valence-electron chi connectivity index (χ1n) is 18.3. The predicted octanol–water partition coefficient (Wildman–Crippen LogP) is 0.0595. The van der Waals surface area contributed by atoms with Gasteiger partial charge in [-0.1, -0.05) is 0 Å². The second-order valence-electron chi connectivity index (χ2n) is 10.6. The van der Waals surface area contributed by atoms with Crippen LogP contribution in [0.2, 0.25) is 0 Å². The maximum absolute atomic E-state index is 10.7. The molecule has 0 saturated heterocycles. The van der Waals surface area contributed by atoms with Crippen molar-refractivity contribution in [3.63, 3.8) is 0 Å². The highest BCUT2D eigenvalue weighted by atomic mass is 31.2. The van der Waals surface area contributed by atoms with E-state index in [4.69, 9.17) is 85.6 Å². The fourth-order valence-corrected chi connectivity index (χ4v) is 3.87. The van der Waals surface area contributed by atoms with Gasteiger partial charge >= 0.3 is 7.60 Å². The summed E-state index contributed by atoms with van der Waals surface area (Å²) in [6, 6.07) is 0. The molecule has 0 rings (SSSR count). The monoisotopic (exact) mass is 800 g/mol. The van der Waals surface area contributed by atoms with Gasteiger partial charge in [0.15, 0.2) is 0 Å². The van der Waals surface area contributed by atoms with Gasteiger partial charge in [0, 0.05) is 7.11 Å². The summed E-state index contributed by atoms with van der Waals surface area (Å²) in [6.45, 7) is 14.4. The molecule has 0 aromatic carbocycles. The van der Waals surface area contributed by atoms with Crippen molar-refractivity contribution in [3.05, 3.63) is 0 Å². The molecular weight excluding hydrogens is 731 g/mol. The van der Waals surface area contributed by atoms with Crippen LogP contribution in [0.5, 0.6) is 0 Å². The van der Waals surface area contributed by atoms with Crippen LogP contribution in [0.4, 0.5) is 0 Å². The third-order valence-corrected chi connectivity index (χ3v) is 6.93. The number of hydrogen-bond acceptors (Lipinski definition) is 17. The van der Waals surface area contributed by atoms with Crippen LogP contribution in [0.3, 0.4) is 0 Å². The summed E-state index contributed by atoms with van der Waals surface area (Å²) in [5.41, 5.74) is 0. The first-order chi connectivity index (χ1) is 26.1. The molecule has 0 radical (unpaired) electrons. The van der Waals surface area contributed by atoms with E-state index >= 15 is 0 Å². The van der Waals surface area contributed by atoms with Crippen molar-refractivity contribution in [1.82, 2.24) is 0 Å². The number of ether oxygens (including phenoxy) is 16. The van der Waals surface area contributed by atoms with Crippen LogP contribution in [0.25, 0.3) is 0 Å². The fraction of sp³-hybridized carbons (Fsp3) is 1.00. The molecule has 0 amide bonds. The normalized spacial score (nSPS) is 12.0. The number of methoxy groups -OCH3 is 1. The minimum Gasteiger partial charge on any atom is -0.382 e. The SMILES string of the molecule is COCCOCCOCCOCCOCCOCCOCCOCCOCCOCCOCCOCCOCCOCCOCCOCCP(=O)(O)O. The van der Waals surface area contributed by atoms with E-state index in [2.05, 4.69) is 0 Å². The Morgan fingerprint density at radius 2 is 0.396 bits per heavy atom. The third-order valence-electron chi connectivity index (χ3n) is 6.17. The van der Waals surface area contributed by atoms with Gasteiger partial charge in [-0.25, -0.2) is 0 Å². The van der Waals surface area contributed by atoms with Crippen molar-refractivity contribution < 1.29 is 90.1 Å². The maximum Gasteiger partial charge on any atom is 0.327 e.